The molecule has 1 aliphatic rings. The topological polar surface area (TPSA) is 37.8 Å². The van der Waals surface area contributed by atoms with Crippen molar-refractivity contribution < 1.29 is 0 Å². The lowest BCUT2D eigenvalue weighted by molar-refractivity contribution is 0.695. The molecule has 0 spiro atoms. The van der Waals surface area contributed by atoms with Crippen LogP contribution in [0.15, 0.2) is 24.3 Å². The molecule has 0 aliphatic heterocycles. The summed E-state index contributed by atoms with van der Waals surface area (Å²) in [5, 5.41) is 7.75. The van der Waals surface area contributed by atoms with Crippen LogP contribution in [-0.2, 0) is 6.54 Å². The smallest absolute Gasteiger partial charge is 0.110 e. The van der Waals surface area contributed by atoms with Crippen LogP contribution in [0.3, 0.4) is 0 Å². The molecule has 17 heavy (non-hydrogen) atoms. The van der Waals surface area contributed by atoms with Crippen molar-refractivity contribution in [3.8, 4) is 11.3 Å². The SMILES string of the molecule is Cc1ccc(-c2nnsc2CNC2CC2)cc1. The third kappa shape index (κ3) is 2.53. The van der Waals surface area contributed by atoms with Gasteiger partial charge in [0.05, 0.1) is 4.88 Å². The predicted molar refractivity (Wildman–Crippen MR) is 69.9 cm³/mol. The van der Waals surface area contributed by atoms with Crippen LogP contribution >= 0.6 is 11.5 Å². The summed E-state index contributed by atoms with van der Waals surface area (Å²) in [6.07, 6.45) is 2.62. The zero-order chi connectivity index (χ0) is 11.7. The Morgan fingerprint density at radius 3 is 2.76 bits per heavy atom. The molecule has 0 bridgehead atoms. The van der Waals surface area contributed by atoms with Gasteiger partial charge in [-0.1, -0.05) is 34.3 Å². The lowest BCUT2D eigenvalue weighted by atomic mass is 10.1. The van der Waals surface area contributed by atoms with Gasteiger partial charge in [0.2, 0.25) is 0 Å². The van der Waals surface area contributed by atoms with Gasteiger partial charge in [-0.05, 0) is 31.3 Å². The maximum atomic E-state index is 4.24. The Morgan fingerprint density at radius 1 is 1.29 bits per heavy atom. The standard InChI is InChI=1S/C13H15N3S/c1-9-2-4-10(5-3-9)13-12(17-16-15-13)8-14-11-6-7-11/h2-5,11,14H,6-8H2,1H3. The van der Waals surface area contributed by atoms with Crippen LogP contribution in [0.5, 0.6) is 0 Å². The first-order valence-electron chi connectivity index (χ1n) is 5.94. The molecule has 0 unspecified atom stereocenters. The number of hydrogen-bond acceptors (Lipinski definition) is 4. The zero-order valence-corrected chi connectivity index (χ0v) is 10.6. The number of aromatic nitrogens is 2. The highest BCUT2D eigenvalue weighted by Crippen LogP contribution is 2.26. The van der Waals surface area contributed by atoms with E-state index in [1.807, 2.05) is 0 Å². The first kappa shape index (κ1) is 10.9. The summed E-state index contributed by atoms with van der Waals surface area (Å²) in [4.78, 5) is 1.24. The number of aryl methyl sites for hydroxylation is 1. The molecule has 0 amide bonds. The van der Waals surface area contributed by atoms with Gasteiger partial charge in [0, 0.05) is 18.2 Å². The fourth-order valence-corrected chi connectivity index (χ4v) is 2.39. The Morgan fingerprint density at radius 2 is 2.06 bits per heavy atom. The summed E-state index contributed by atoms with van der Waals surface area (Å²) in [6.45, 7) is 2.99. The van der Waals surface area contributed by atoms with Crippen molar-refractivity contribution in [2.24, 2.45) is 0 Å². The first-order chi connectivity index (χ1) is 8.33. The monoisotopic (exact) mass is 245 g/mol. The first-order valence-corrected chi connectivity index (χ1v) is 6.72. The van der Waals surface area contributed by atoms with Crippen molar-refractivity contribution >= 4 is 11.5 Å². The van der Waals surface area contributed by atoms with E-state index < -0.39 is 0 Å². The van der Waals surface area contributed by atoms with E-state index in [0.29, 0.717) is 0 Å². The molecule has 2 aromatic rings. The van der Waals surface area contributed by atoms with Crippen molar-refractivity contribution in [1.29, 1.82) is 0 Å². The molecular formula is C13H15N3S. The average molecular weight is 245 g/mol. The number of benzene rings is 1. The van der Waals surface area contributed by atoms with Gasteiger partial charge < -0.3 is 5.32 Å². The van der Waals surface area contributed by atoms with E-state index in [-0.39, 0.29) is 0 Å². The number of nitrogens with zero attached hydrogens (tertiary/aromatic N) is 2. The Hall–Kier alpha value is -1.26. The fourth-order valence-electron chi connectivity index (χ4n) is 1.78. The molecule has 1 N–H and O–H groups in total. The Labute approximate surface area is 105 Å². The summed E-state index contributed by atoms with van der Waals surface area (Å²) in [7, 11) is 0. The molecule has 0 saturated heterocycles. The van der Waals surface area contributed by atoms with Gasteiger partial charge in [0.15, 0.2) is 0 Å². The molecular weight excluding hydrogens is 230 g/mol. The molecule has 3 nitrogen and oxygen atoms in total. The summed E-state index contributed by atoms with van der Waals surface area (Å²) in [5.41, 5.74) is 3.47. The van der Waals surface area contributed by atoms with E-state index in [1.165, 1.54) is 34.8 Å². The second kappa shape index (κ2) is 4.55. The summed E-state index contributed by atoms with van der Waals surface area (Å²) in [5.74, 6) is 0. The molecule has 1 aliphatic carbocycles. The van der Waals surface area contributed by atoms with Gasteiger partial charge in [0.25, 0.3) is 0 Å². The van der Waals surface area contributed by atoms with Crippen LogP contribution in [-0.4, -0.2) is 15.6 Å². The van der Waals surface area contributed by atoms with E-state index in [1.54, 1.807) is 0 Å². The summed E-state index contributed by atoms with van der Waals surface area (Å²) >= 11 is 1.49. The maximum absolute atomic E-state index is 4.24. The van der Waals surface area contributed by atoms with E-state index in [0.717, 1.165) is 23.8 Å². The second-order valence-corrected chi connectivity index (χ2v) is 5.40. The second-order valence-electron chi connectivity index (χ2n) is 4.57. The van der Waals surface area contributed by atoms with Crippen molar-refractivity contribution in [1.82, 2.24) is 14.9 Å². The van der Waals surface area contributed by atoms with E-state index in [2.05, 4.69) is 46.1 Å². The summed E-state index contributed by atoms with van der Waals surface area (Å²) in [6, 6.07) is 9.20. The van der Waals surface area contributed by atoms with Gasteiger partial charge in [-0.3, -0.25) is 0 Å². The number of rotatable bonds is 4. The van der Waals surface area contributed by atoms with E-state index in [4.69, 9.17) is 0 Å². The zero-order valence-electron chi connectivity index (χ0n) is 9.81. The van der Waals surface area contributed by atoms with Crippen LogP contribution in [0.2, 0.25) is 0 Å². The third-order valence-corrected chi connectivity index (χ3v) is 3.73. The molecule has 88 valence electrons. The van der Waals surface area contributed by atoms with Crippen LogP contribution in [0.4, 0.5) is 0 Å². The van der Waals surface area contributed by atoms with Crippen molar-refractivity contribution in [2.45, 2.75) is 32.4 Å². The van der Waals surface area contributed by atoms with Gasteiger partial charge >= 0.3 is 0 Å². The lowest BCUT2D eigenvalue weighted by Gasteiger charge is -2.03. The lowest BCUT2D eigenvalue weighted by Crippen LogP contribution is -2.14. The van der Waals surface area contributed by atoms with Crippen LogP contribution in [0, 0.1) is 6.92 Å². The van der Waals surface area contributed by atoms with Crippen LogP contribution in [0.25, 0.3) is 11.3 Å². The number of hydrogen-bond donors (Lipinski definition) is 1. The van der Waals surface area contributed by atoms with Crippen LogP contribution in [0.1, 0.15) is 23.3 Å². The molecule has 1 saturated carbocycles. The maximum Gasteiger partial charge on any atom is 0.110 e. The predicted octanol–water partition coefficient (Wildman–Crippen LogP) is 2.77. The molecule has 1 aromatic carbocycles. The van der Waals surface area contributed by atoms with Crippen LogP contribution < -0.4 is 5.32 Å². The largest absolute Gasteiger partial charge is 0.309 e. The highest BCUT2D eigenvalue weighted by Gasteiger charge is 2.21. The third-order valence-electron chi connectivity index (χ3n) is 3.01. The molecule has 1 aromatic heterocycles. The summed E-state index contributed by atoms with van der Waals surface area (Å²) < 4.78 is 4.07. The Bertz CT molecular complexity index is 500. The fraction of sp³-hybridized carbons (Fsp3) is 0.385. The molecule has 1 heterocycles. The van der Waals surface area contributed by atoms with Crippen molar-refractivity contribution in [3.05, 3.63) is 34.7 Å². The van der Waals surface area contributed by atoms with Gasteiger partial charge in [0.1, 0.15) is 5.69 Å². The Kier molecular flexibility index (Phi) is 2.91. The van der Waals surface area contributed by atoms with Gasteiger partial charge in [-0.2, -0.15) is 0 Å². The highest BCUT2D eigenvalue weighted by molar-refractivity contribution is 7.05. The highest BCUT2D eigenvalue weighted by atomic mass is 32.1. The molecule has 1 fully saturated rings. The molecule has 4 heteroatoms. The normalized spacial score (nSPS) is 15.1. The average Bonchev–Trinajstić information content (AvgIpc) is 3.06. The molecule has 0 atom stereocenters. The van der Waals surface area contributed by atoms with Gasteiger partial charge in [-0.15, -0.1) is 5.10 Å². The van der Waals surface area contributed by atoms with Gasteiger partial charge in [-0.25, -0.2) is 0 Å². The van der Waals surface area contributed by atoms with E-state index >= 15 is 0 Å². The van der Waals surface area contributed by atoms with E-state index in [9.17, 15) is 0 Å². The molecule has 0 radical (unpaired) electrons. The van der Waals surface area contributed by atoms with Crippen molar-refractivity contribution in [3.63, 3.8) is 0 Å². The minimum Gasteiger partial charge on any atom is -0.309 e. The minimum absolute atomic E-state index is 0.725. The molecule has 3 rings (SSSR count). The Balaban J connectivity index is 1.81. The number of nitrogens with one attached hydrogen (secondary N) is 1. The minimum atomic E-state index is 0.725. The quantitative estimate of drug-likeness (QED) is 0.900. The van der Waals surface area contributed by atoms with Crippen molar-refractivity contribution in [2.75, 3.05) is 0 Å².